The topological polar surface area (TPSA) is 76.1 Å². The van der Waals surface area contributed by atoms with E-state index in [0.29, 0.717) is 5.92 Å². The van der Waals surface area contributed by atoms with E-state index < -0.39 is 21.5 Å². The summed E-state index contributed by atoms with van der Waals surface area (Å²) in [5, 5.41) is 2.80. The number of nitrogens with one attached hydrogen (secondary N) is 1. The molecule has 6 heteroatoms. The van der Waals surface area contributed by atoms with E-state index in [4.69, 9.17) is 0 Å². The molecule has 0 saturated heterocycles. The molecular formula is C14H20N2O3S. The zero-order valence-corrected chi connectivity index (χ0v) is 12.4. The Balaban J connectivity index is 1.97. The highest BCUT2D eigenvalue weighted by atomic mass is 32.2. The van der Waals surface area contributed by atoms with Crippen LogP contribution in [-0.4, -0.2) is 31.1 Å². The van der Waals surface area contributed by atoms with Crippen molar-refractivity contribution >= 4 is 15.7 Å². The summed E-state index contributed by atoms with van der Waals surface area (Å²) >= 11 is 0. The summed E-state index contributed by atoms with van der Waals surface area (Å²) in [6.07, 6.45) is 5.69. The van der Waals surface area contributed by atoms with Crippen LogP contribution in [0, 0.1) is 5.92 Å². The molecule has 1 amide bonds. The first-order valence-corrected chi connectivity index (χ1v) is 8.57. The van der Waals surface area contributed by atoms with E-state index in [9.17, 15) is 13.2 Å². The molecule has 1 saturated carbocycles. The van der Waals surface area contributed by atoms with E-state index in [1.807, 2.05) is 0 Å². The summed E-state index contributed by atoms with van der Waals surface area (Å²) in [5.41, 5.74) is 0. The summed E-state index contributed by atoms with van der Waals surface area (Å²) in [6, 6.07) is 4.74. The van der Waals surface area contributed by atoms with Gasteiger partial charge in [-0.3, -0.25) is 4.79 Å². The number of pyridine rings is 1. The van der Waals surface area contributed by atoms with E-state index in [-0.39, 0.29) is 11.1 Å². The van der Waals surface area contributed by atoms with Crippen LogP contribution in [0.2, 0.25) is 0 Å². The highest BCUT2D eigenvalue weighted by molar-refractivity contribution is 7.92. The minimum Gasteiger partial charge on any atom is -0.352 e. The Kier molecular flexibility index (Phi) is 4.75. The van der Waals surface area contributed by atoms with Gasteiger partial charge in [-0.1, -0.05) is 25.8 Å². The minimum absolute atomic E-state index is 0.0492. The number of sulfone groups is 1. The third-order valence-corrected chi connectivity index (χ3v) is 5.26. The van der Waals surface area contributed by atoms with Crippen LogP contribution in [0.5, 0.6) is 0 Å². The Morgan fingerprint density at radius 3 is 2.75 bits per heavy atom. The first-order chi connectivity index (χ1) is 9.49. The summed E-state index contributed by atoms with van der Waals surface area (Å²) in [4.78, 5) is 15.7. The van der Waals surface area contributed by atoms with Crippen molar-refractivity contribution in [1.29, 1.82) is 0 Å². The number of hydrogen-bond acceptors (Lipinski definition) is 4. The maximum absolute atomic E-state index is 12.0. The zero-order chi connectivity index (χ0) is 14.6. The number of amides is 1. The molecule has 0 spiro atoms. The minimum atomic E-state index is -3.65. The number of hydrogen-bond donors (Lipinski definition) is 1. The fourth-order valence-electron chi connectivity index (χ4n) is 2.56. The van der Waals surface area contributed by atoms with Gasteiger partial charge in [0.05, 0.1) is 0 Å². The molecule has 0 aliphatic heterocycles. The van der Waals surface area contributed by atoms with Crippen molar-refractivity contribution in [2.45, 2.75) is 43.7 Å². The van der Waals surface area contributed by atoms with Crippen molar-refractivity contribution in [2.24, 2.45) is 5.92 Å². The quantitative estimate of drug-likeness (QED) is 0.914. The van der Waals surface area contributed by atoms with Gasteiger partial charge in [0.1, 0.15) is 5.75 Å². The monoisotopic (exact) mass is 296 g/mol. The standard InChI is InChI=1S/C14H20N2O3S/c1-11-6-2-3-7-12(11)16-13(17)10-20(18,19)14-8-4-5-9-15-14/h4-5,8-9,11-12H,2-3,6-7,10H2,1H3,(H,16,17)/t11-,12+/m1/s1. The molecule has 110 valence electrons. The lowest BCUT2D eigenvalue weighted by molar-refractivity contribution is -0.119. The molecule has 1 heterocycles. The normalized spacial score (nSPS) is 23.2. The molecule has 1 aromatic rings. The number of nitrogens with zero attached hydrogens (tertiary/aromatic N) is 1. The molecule has 5 nitrogen and oxygen atoms in total. The smallest absolute Gasteiger partial charge is 0.235 e. The summed E-state index contributed by atoms with van der Waals surface area (Å²) in [5.74, 6) is -0.563. The molecule has 0 bridgehead atoms. The van der Waals surface area contributed by atoms with Gasteiger partial charge in [0, 0.05) is 12.2 Å². The van der Waals surface area contributed by atoms with E-state index in [0.717, 1.165) is 19.3 Å². The second kappa shape index (κ2) is 6.35. The van der Waals surface area contributed by atoms with E-state index >= 15 is 0 Å². The zero-order valence-electron chi connectivity index (χ0n) is 11.6. The number of rotatable bonds is 4. The van der Waals surface area contributed by atoms with Crippen LogP contribution in [0.1, 0.15) is 32.6 Å². The van der Waals surface area contributed by atoms with Crippen molar-refractivity contribution in [2.75, 3.05) is 5.75 Å². The maximum Gasteiger partial charge on any atom is 0.235 e. The van der Waals surface area contributed by atoms with Gasteiger partial charge >= 0.3 is 0 Å². The van der Waals surface area contributed by atoms with Gasteiger partial charge in [0.15, 0.2) is 5.03 Å². The SMILES string of the molecule is C[C@@H]1CCCC[C@@H]1NC(=O)CS(=O)(=O)c1ccccn1. The van der Waals surface area contributed by atoms with Crippen LogP contribution in [-0.2, 0) is 14.6 Å². The molecule has 20 heavy (non-hydrogen) atoms. The van der Waals surface area contributed by atoms with Gasteiger partial charge in [0.25, 0.3) is 0 Å². The molecular weight excluding hydrogens is 276 g/mol. The highest BCUT2D eigenvalue weighted by Crippen LogP contribution is 2.23. The van der Waals surface area contributed by atoms with Crippen LogP contribution < -0.4 is 5.32 Å². The van der Waals surface area contributed by atoms with Crippen molar-refractivity contribution < 1.29 is 13.2 Å². The lowest BCUT2D eigenvalue weighted by Gasteiger charge is -2.29. The fraction of sp³-hybridized carbons (Fsp3) is 0.571. The van der Waals surface area contributed by atoms with Crippen LogP contribution in [0.25, 0.3) is 0 Å². The molecule has 1 N–H and O–H groups in total. The third kappa shape index (κ3) is 3.79. The van der Waals surface area contributed by atoms with Crippen LogP contribution in [0.3, 0.4) is 0 Å². The van der Waals surface area contributed by atoms with Gasteiger partial charge in [-0.05, 0) is 30.9 Å². The second-order valence-corrected chi connectivity index (χ2v) is 7.30. The fourth-order valence-corrected chi connectivity index (χ4v) is 3.64. The maximum atomic E-state index is 12.0. The number of carbonyl (C=O) groups excluding carboxylic acids is 1. The predicted octanol–water partition coefficient (Wildman–Crippen LogP) is 1.55. The molecule has 1 aliphatic rings. The predicted molar refractivity (Wildman–Crippen MR) is 75.9 cm³/mol. The molecule has 1 fully saturated rings. The third-order valence-electron chi connectivity index (χ3n) is 3.74. The Morgan fingerprint density at radius 2 is 2.10 bits per heavy atom. The van der Waals surface area contributed by atoms with E-state index in [1.165, 1.54) is 18.7 Å². The number of carbonyl (C=O) groups is 1. The molecule has 1 aliphatic carbocycles. The Hall–Kier alpha value is -1.43. The van der Waals surface area contributed by atoms with E-state index in [2.05, 4.69) is 17.2 Å². The van der Waals surface area contributed by atoms with Crippen molar-refractivity contribution in [3.05, 3.63) is 24.4 Å². The Labute approximate surface area is 119 Å². The van der Waals surface area contributed by atoms with Crippen LogP contribution in [0.4, 0.5) is 0 Å². The van der Waals surface area contributed by atoms with Crippen molar-refractivity contribution in [3.63, 3.8) is 0 Å². The molecule has 0 radical (unpaired) electrons. The molecule has 2 rings (SSSR count). The summed E-state index contributed by atoms with van der Waals surface area (Å²) in [6.45, 7) is 2.09. The van der Waals surface area contributed by atoms with Gasteiger partial charge in [-0.2, -0.15) is 0 Å². The van der Waals surface area contributed by atoms with E-state index in [1.54, 1.807) is 12.1 Å². The lowest BCUT2D eigenvalue weighted by atomic mass is 9.86. The average molecular weight is 296 g/mol. The highest BCUT2D eigenvalue weighted by Gasteiger charge is 2.26. The van der Waals surface area contributed by atoms with Gasteiger partial charge in [-0.15, -0.1) is 0 Å². The average Bonchev–Trinajstić information content (AvgIpc) is 2.42. The number of aromatic nitrogens is 1. The first-order valence-electron chi connectivity index (χ1n) is 6.92. The first kappa shape index (κ1) is 15.0. The summed E-state index contributed by atoms with van der Waals surface area (Å²) in [7, 11) is -3.65. The van der Waals surface area contributed by atoms with Crippen molar-refractivity contribution in [1.82, 2.24) is 10.3 Å². The Morgan fingerprint density at radius 1 is 1.35 bits per heavy atom. The Bertz CT molecular complexity index is 557. The largest absolute Gasteiger partial charge is 0.352 e. The van der Waals surface area contributed by atoms with Gasteiger partial charge < -0.3 is 5.32 Å². The summed E-state index contributed by atoms with van der Waals surface area (Å²) < 4.78 is 24.1. The van der Waals surface area contributed by atoms with Crippen molar-refractivity contribution in [3.8, 4) is 0 Å². The molecule has 0 aromatic carbocycles. The van der Waals surface area contributed by atoms with Gasteiger partial charge in [0.2, 0.25) is 15.7 Å². The molecule has 0 unspecified atom stereocenters. The molecule has 1 aromatic heterocycles. The van der Waals surface area contributed by atoms with Crippen LogP contribution in [0.15, 0.2) is 29.4 Å². The van der Waals surface area contributed by atoms with Crippen LogP contribution >= 0.6 is 0 Å². The second-order valence-electron chi connectivity index (χ2n) is 5.36. The van der Waals surface area contributed by atoms with Gasteiger partial charge in [-0.25, -0.2) is 13.4 Å². The molecule has 2 atom stereocenters. The lowest BCUT2D eigenvalue weighted by Crippen LogP contribution is -2.43.